The summed E-state index contributed by atoms with van der Waals surface area (Å²) >= 11 is 6.39. The number of carbonyl (C=O) groups is 3. The molecule has 2 aliphatic rings. The lowest BCUT2D eigenvalue weighted by atomic mass is 9.98. The second-order valence-electron chi connectivity index (χ2n) is 10.5. The van der Waals surface area contributed by atoms with Gasteiger partial charge < -0.3 is 25.0 Å². The van der Waals surface area contributed by atoms with Gasteiger partial charge in [0.05, 0.1) is 25.2 Å². The fourth-order valence-electron chi connectivity index (χ4n) is 5.58. The number of piperazine rings is 1. The number of methoxy groups -OCH3 is 1. The number of hydrogen-bond acceptors (Lipinski definition) is 6. The van der Waals surface area contributed by atoms with E-state index in [4.69, 9.17) is 16.3 Å². The van der Waals surface area contributed by atoms with Gasteiger partial charge in [0.15, 0.2) is 0 Å². The summed E-state index contributed by atoms with van der Waals surface area (Å²) in [5.74, 6) is 0.116. The lowest BCUT2D eigenvalue weighted by Crippen LogP contribution is -2.76. The van der Waals surface area contributed by atoms with Gasteiger partial charge in [-0.1, -0.05) is 66.2 Å². The van der Waals surface area contributed by atoms with Crippen LogP contribution in [0, 0.1) is 0 Å². The quantitative estimate of drug-likeness (QED) is 0.361. The van der Waals surface area contributed by atoms with E-state index in [0.29, 0.717) is 17.3 Å². The van der Waals surface area contributed by atoms with E-state index in [9.17, 15) is 19.5 Å². The van der Waals surface area contributed by atoms with E-state index in [0.717, 1.165) is 16.7 Å². The molecule has 2 N–H and O–H groups in total. The van der Waals surface area contributed by atoms with Crippen LogP contribution in [0.1, 0.15) is 16.7 Å². The predicted octanol–water partition coefficient (Wildman–Crippen LogP) is 3.79. The third-order valence-electron chi connectivity index (χ3n) is 7.62. The first kappa shape index (κ1) is 29.9. The van der Waals surface area contributed by atoms with Gasteiger partial charge in [-0.15, -0.1) is 6.58 Å². The molecule has 0 aliphatic carbocycles. The minimum Gasteiger partial charge on any atom is -0.508 e. The summed E-state index contributed by atoms with van der Waals surface area (Å²) in [7, 11) is 1.53. The number of urea groups is 1. The number of halogens is 1. The van der Waals surface area contributed by atoms with Crippen molar-refractivity contribution < 1.29 is 24.2 Å². The molecule has 2 aliphatic heterocycles. The molecule has 2 heterocycles. The third-order valence-corrected chi connectivity index (χ3v) is 7.91. The van der Waals surface area contributed by atoms with Gasteiger partial charge in [0.1, 0.15) is 23.7 Å². The topological polar surface area (TPSA) is 106 Å². The number of aromatic hydroxyl groups is 1. The van der Waals surface area contributed by atoms with E-state index in [1.807, 2.05) is 36.4 Å². The minimum absolute atomic E-state index is 0.0886. The SMILES string of the molecule is C=CCN1CC(=O)N2[C@@H](Cc3ccc(O)cc3)C(=O)N(Cc3ccc(OC)c(Cl)c3)C[C@@H]2N1C(=O)NCc1ccccc1. The molecule has 0 unspecified atom stereocenters. The fourth-order valence-corrected chi connectivity index (χ4v) is 5.86. The Bertz CT molecular complexity index is 1490. The molecule has 5 rings (SSSR count). The maximum absolute atomic E-state index is 14.1. The Kier molecular flexibility index (Phi) is 9.18. The number of phenols is 1. The number of nitrogens with zero attached hydrogens (tertiary/aromatic N) is 4. The van der Waals surface area contributed by atoms with Crippen molar-refractivity contribution in [1.29, 1.82) is 0 Å². The van der Waals surface area contributed by atoms with Crippen molar-refractivity contribution in [2.75, 3.05) is 26.7 Å². The normalized spacial score (nSPS) is 18.8. The Morgan fingerprint density at radius 3 is 2.47 bits per heavy atom. The van der Waals surface area contributed by atoms with Crippen LogP contribution >= 0.6 is 11.6 Å². The van der Waals surface area contributed by atoms with Crippen LogP contribution in [0.15, 0.2) is 85.5 Å². The van der Waals surface area contributed by atoms with Crippen molar-refractivity contribution >= 4 is 29.4 Å². The lowest BCUT2D eigenvalue weighted by Gasteiger charge is -2.55. The molecule has 0 aromatic heterocycles. The maximum Gasteiger partial charge on any atom is 0.334 e. The van der Waals surface area contributed by atoms with Gasteiger partial charge >= 0.3 is 6.03 Å². The molecule has 2 saturated heterocycles. The summed E-state index contributed by atoms with van der Waals surface area (Å²) in [5.41, 5.74) is 2.48. The molecule has 3 aromatic rings. The fraction of sp³-hybridized carbons (Fsp3) is 0.281. The van der Waals surface area contributed by atoms with Crippen molar-refractivity contribution in [1.82, 2.24) is 25.1 Å². The third kappa shape index (κ3) is 6.60. The first-order chi connectivity index (χ1) is 20.8. The lowest BCUT2D eigenvalue weighted by molar-refractivity contribution is -0.189. The van der Waals surface area contributed by atoms with E-state index in [1.54, 1.807) is 52.4 Å². The molecule has 10 nitrogen and oxygen atoms in total. The second kappa shape index (κ2) is 13.2. The summed E-state index contributed by atoms with van der Waals surface area (Å²) in [4.78, 5) is 44.8. The van der Waals surface area contributed by atoms with Gasteiger partial charge in [-0.05, 0) is 41.0 Å². The second-order valence-corrected chi connectivity index (χ2v) is 10.9. The smallest absolute Gasteiger partial charge is 0.334 e. The number of hydrazine groups is 1. The zero-order chi connectivity index (χ0) is 30.5. The van der Waals surface area contributed by atoms with Gasteiger partial charge in [-0.3, -0.25) is 9.59 Å². The number of rotatable bonds is 9. The Balaban J connectivity index is 1.49. The highest BCUT2D eigenvalue weighted by molar-refractivity contribution is 6.32. The van der Waals surface area contributed by atoms with Crippen LogP contribution in [0.25, 0.3) is 0 Å². The number of amides is 4. The predicted molar refractivity (Wildman–Crippen MR) is 162 cm³/mol. The molecular formula is C32H34ClN5O5. The molecule has 0 bridgehead atoms. The van der Waals surface area contributed by atoms with Crippen molar-refractivity contribution in [3.63, 3.8) is 0 Å². The monoisotopic (exact) mass is 603 g/mol. The number of nitrogens with one attached hydrogen (secondary N) is 1. The number of ether oxygens (including phenoxy) is 1. The highest BCUT2D eigenvalue weighted by Crippen LogP contribution is 2.31. The minimum atomic E-state index is -0.875. The van der Waals surface area contributed by atoms with Crippen LogP contribution in [0.3, 0.4) is 0 Å². The van der Waals surface area contributed by atoms with Crippen LogP contribution in [0.4, 0.5) is 4.79 Å². The molecular weight excluding hydrogens is 570 g/mol. The van der Waals surface area contributed by atoms with E-state index in [-0.39, 0.29) is 50.2 Å². The summed E-state index contributed by atoms with van der Waals surface area (Å²) in [5, 5.41) is 16.4. The maximum atomic E-state index is 14.1. The van der Waals surface area contributed by atoms with E-state index < -0.39 is 18.2 Å². The first-order valence-corrected chi connectivity index (χ1v) is 14.3. The number of phenolic OH excluding ortho intramolecular Hbond substituents is 1. The number of benzene rings is 3. The summed E-state index contributed by atoms with van der Waals surface area (Å²) in [6, 6.07) is 20.1. The van der Waals surface area contributed by atoms with Crippen molar-refractivity contribution in [3.05, 3.63) is 107 Å². The van der Waals surface area contributed by atoms with Crippen molar-refractivity contribution in [2.24, 2.45) is 0 Å². The summed E-state index contributed by atoms with van der Waals surface area (Å²) < 4.78 is 5.28. The highest BCUT2D eigenvalue weighted by Gasteiger charge is 2.51. The van der Waals surface area contributed by atoms with Gasteiger partial charge in [0.25, 0.3) is 0 Å². The van der Waals surface area contributed by atoms with E-state index in [2.05, 4.69) is 11.9 Å². The van der Waals surface area contributed by atoms with Crippen molar-refractivity contribution in [3.8, 4) is 11.5 Å². The molecule has 0 spiro atoms. The molecule has 4 amide bonds. The molecule has 3 aromatic carbocycles. The van der Waals surface area contributed by atoms with Gasteiger partial charge in [0, 0.05) is 26.1 Å². The Morgan fingerprint density at radius 1 is 1.07 bits per heavy atom. The zero-order valence-corrected chi connectivity index (χ0v) is 24.6. The average molecular weight is 604 g/mol. The van der Waals surface area contributed by atoms with Gasteiger partial charge in [0.2, 0.25) is 11.8 Å². The van der Waals surface area contributed by atoms with Gasteiger partial charge in [-0.2, -0.15) is 0 Å². The number of fused-ring (bicyclic) bond motifs is 1. The summed E-state index contributed by atoms with van der Waals surface area (Å²) in [6.07, 6.45) is 1.08. The number of carbonyl (C=O) groups excluding carboxylic acids is 3. The molecule has 0 saturated carbocycles. The average Bonchev–Trinajstić information content (AvgIpc) is 3.00. The Hall–Kier alpha value is -4.54. The van der Waals surface area contributed by atoms with Crippen LogP contribution in [-0.2, 0) is 29.1 Å². The number of hydrogen-bond donors (Lipinski definition) is 2. The molecule has 11 heteroatoms. The molecule has 0 radical (unpaired) electrons. The van der Waals surface area contributed by atoms with Crippen LogP contribution in [-0.4, -0.2) is 81.7 Å². The Labute approximate surface area is 255 Å². The van der Waals surface area contributed by atoms with Crippen molar-refractivity contribution in [2.45, 2.75) is 31.7 Å². The van der Waals surface area contributed by atoms with Gasteiger partial charge in [-0.25, -0.2) is 14.8 Å². The van der Waals surface area contributed by atoms with E-state index in [1.165, 1.54) is 17.0 Å². The molecule has 224 valence electrons. The van der Waals surface area contributed by atoms with E-state index >= 15 is 0 Å². The highest BCUT2D eigenvalue weighted by atomic mass is 35.5. The standard InChI is InChI=1S/C32H34ClN5O5/c1-3-15-36-21-30(40)37-27(17-22-9-12-25(39)13-10-22)31(41)35(19-24-11-14-28(43-2)26(33)16-24)20-29(37)38(36)32(42)34-18-23-7-5-4-6-8-23/h3-14,16,27,29,39H,1,15,17-21H2,2H3,(H,34,42)/t27-,29-/m0/s1. The summed E-state index contributed by atoms with van der Waals surface area (Å²) in [6.45, 7) is 4.60. The first-order valence-electron chi connectivity index (χ1n) is 14.0. The van der Waals surface area contributed by atoms with Crippen LogP contribution in [0.2, 0.25) is 5.02 Å². The molecule has 43 heavy (non-hydrogen) atoms. The Morgan fingerprint density at radius 2 is 1.79 bits per heavy atom. The molecule has 2 fully saturated rings. The largest absolute Gasteiger partial charge is 0.508 e. The zero-order valence-electron chi connectivity index (χ0n) is 23.9. The van der Waals surface area contributed by atoms with Crippen LogP contribution in [0.5, 0.6) is 11.5 Å². The van der Waals surface area contributed by atoms with Crippen LogP contribution < -0.4 is 10.1 Å². The molecule has 2 atom stereocenters.